The Labute approximate surface area is 60.4 Å². The van der Waals surface area contributed by atoms with Gasteiger partial charge < -0.3 is 10.4 Å². The third-order valence-corrected chi connectivity index (χ3v) is 2.05. The lowest BCUT2D eigenvalue weighted by molar-refractivity contribution is 0.192. The summed E-state index contributed by atoms with van der Waals surface area (Å²) in [6.07, 6.45) is 4.03. The van der Waals surface area contributed by atoms with Gasteiger partial charge >= 0.3 is 6.09 Å². The van der Waals surface area contributed by atoms with Crippen molar-refractivity contribution in [3.63, 3.8) is 0 Å². The zero-order valence-electron chi connectivity index (χ0n) is 5.97. The predicted octanol–water partition coefficient (Wildman–Crippen LogP) is 1.44. The molecule has 0 aliphatic heterocycles. The van der Waals surface area contributed by atoms with Gasteiger partial charge in [0.1, 0.15) is 0 Å². The summed E-state index contributed by atoms with van der Waals surface area (Å²) in [5.41, 5.74) is 0. The third-order valence-electron chi connectivity index (χ3n) is 2.05. The molecule has 0 radical (unpaired) electrons. The van der Waals surface area contributed by atoms with Crippen LogP contribution < -0.4 is 5.32 Å². The minimum Gasteiger partial charge on any atom is -0.465 e. The molecular weight excluding hydrogens is 130 g/mol. The molecule has 0 spiro atoms. The van der Waals surface area contributed by atoms with Crippen LogP contribution in [0, 0.1) is 5.92 Å². The van der Waals surface area contributed by atoms with Gasteiger partial charge in [0, 0.05) is 6.54 Å². The summed E-state index contributed by atoms with van der Waals surface area (Å²) in [6, 6.07) is 0. The van der Waals surface area contributed by atoms with E-state index in [1.807, 2.05) is 0 Å². The van der Waals surface area contributed by atoms with E-state index >= 15 is 0 Å². The van der Waals surface area contributed by atoms with Gasteiger partial charge in [-0.25, -0.2) is 4.79 Å². The molecule has 0 atom stereocenters. The largest absolute Gasteiger partial charge is 0.465 e. The Bertz CT molecular complexity index is 121. The van der Waals surface area contributed by atoms with E-state index in [0.717, 1.165) is 12.3 Å². The van der Waals surface area contributed by atoms with Crippen molar-refractivity contribution in [2.75, 3.05) is 6.54 Å². The van der Waals surface area contributed by atoms with Crippen LogP contribution >= 0.6 is 0 Å². The molecule has 0 saturated heterocycles. The fourth-order valence-electron chi connectivity index (χ4n) is 1.16. The molecule has 0 aromatic carbocycles. The number of carboxylic acid groups (broad SMARTS) is 1. The second-order valence-corrected chi connectivity index (χ2v) is 2.82. The van der Waals surface area contributed by atoms with E-state index in [1.54, 1.807) is 0 Å². The maximum Gasteiger partial charge on any atom is 0.404 e. The Morgan fingerprint density at radius 2 is 2.30 bits per heavy atom. The Morgan fingerprint density at radius 3 is 2.70 bits per heavy atom. The minimum absolute atomic E-state index is 0.625. The smallest absolute Gasteiger partial charge is 0.404 e. The molecule has 1 fully saturated rings. The Morgan fingerprint density at radius 1 is 1.60 bits per heavy atom. The second-order valence-electron chi connectivity index (χ2n) is 2.82. The predicted molar refractivity (Wildman–Crippen MR) is 38.0 cm³/mol. The summed E-state index contributed by atoms with van der Waals surface area (Å²) in [7, 11) is 0. The summed E-state index contributed by atoms with van der Waals surface area (Å²) in [5, 5.41) is 10.6. The van der Waals surface area contributed by atoms with Crippen LogP contribution in [-0.4, -0.2) is 17.7 Å². The Balaban J connectivity index is 1.89. The number of rotatable bonds is 3. The van der Waals surface area contributed by atoms with E-state index in [1.165, 1.54) is 19.3 Å². The van der Waals surface area contributed by atoms with Crippen LogP contribution in [0.1, 0.15) is 25.7 Å². The van der Waals surface area contributed by atoms with Gasteiger partial charge in [0.25, 0.3) is 0 Å². The molecule has 0 unspecified atom stereocenters. The van der Waals surface area contributed by atoms with Crippen molar-refractivity contribution in [1.29, 1.82) is 0 Å². The first-order valence-corrected chi connectivity index (χ1v) is 3.76. The average molecular weight is 143 g/mol. The van der Waals surface area contributed by atoms with Crippen LogP contribution in [0.4, 0.5) is 4.79 Å². The van der Waals surface area contributed by atoms with Gasteiger partial charge in [-0.15, -0.1) is 0 Å². The molecule has 58 valence electrons. The number of carbonyl (C=O) groups is 1. The standard InChI is InChI=1S/C7H13NO2/c9-7(10)8-5-4-6-2-1-3-6/h6,8H,1-5H2,(H,9,10). The summed E-state index contributed by atoms with van der Waals surface area (Å²) in [5.74, 6) is 0.798. The molecule has 3 heteroatoms. The van der Waals surface area contributed by atoms with Gasteiger partial charge in [0.05, 0.1) is 0 Å². The average Bonchev–Trinajstić information content (AvgIpc) is 1.75. The summed E-state index contributed by atoms with van der Waals surface area (Å²) in [6.45, 7) is 0.625. The van der Waals surface area contributed by atoms with Crippen molar-refractivity contribution in [2.24, 2.45) is 5.92 Å². The molecule has 0 bridgehead atoms. The van der Waals surface area contributed by atoms with E-state index < -0.39 is 6.09 Å². The zero-order valence-corrected chi connectivity index (χ0v) is 5.97. The van der Waals surface area contributed by atoms with Crippen molar-refractivity contribution >= 4 is 6.09 Å². The van der Waals surface area contributed by atoms with Crippen LogP contribution in [0.3, 0.4) is 0 Å². The summed E-state index contributed by atoms with van der Waals surface area (Å²) < 4.78 is 0. The fraction of sp³-hybridized carbons (Fsp3) is 0.857. The molecule has 10 heavy (non-hydrogen) atoms. The quantitative estimate of drug-likeness (QED) is 0.628. The molecule has 0 aromatic rings. The van der Waals surface area contributed by atoms with Gasteiger partial charge in [-0.2, -0.15) is 0 Å². The third kappa shape index (κ3) is 2.25. The number of hydrogen-bond acceptors (Lipinski definition) is 1. The van der Waals surface area contributed by atoms with Crippen LogP contribution in [0.2, 0.25) is 0 Å². The highest BCUT2D eigenvalue weighted by molar-refractivity contribution is 5.64. The van der Waals surface area contributed by atoms with Gasteiger partial charge in [-0.3, -0.25) is 0 Å². The second kappa shape index (κ2) is 3.44. The SMILES string of the molecule is O=C(O)NCCC1CCC1. The molecule has 0 heterocycles. The highest BCUT2D eigenvalue weighted by Gasteiger charge is 2.16. The molecule has 1 amide bonds. The van der Waals surface area contributed by atoms with Crippen molar-refractivity contribution in [3.05, 3.63) is 0 Å². The number of amides is 1. The Hall–Kier alpha value is -0.730. The number of hydrogen-bond donors (Lipinski definition) is 2. The van der Waals surface area contributed by atoms with Gasteiger partial charge in [0.15, 0.2) is 0 Å². The van der Waals surface area contributed by atoms with E-state index in [4.69, 9.17) is 5.11 Å². The van der Waals surface area contributed by atoms with Gasteiger partial charge in [-0.1, -0.05) is 19.3 Å². The molecule has 1 saturated carbocycles. The highest BCUT2D eigenvalue weighted by Crippen LogP contribution is 2.28. The van der Waals surface area contributed by atoms with E-state index in [-0.39, 0.29) is 0 Å². The molecule has 1 aliphatic rings. The lowest BCUT2D eigenvalue weighted by Gasteiger charge is -2.24. The molecule has 0 aromatic heterocycles. The maximum atomic E-state index is 9.98. The Kier molecular flexibility index (Phi) is 2.54. The fourth-order valence-corrected chi connectivity index (χ4v) is 1.16. The minimum atomic E-state index is -0.903. The zero-order chi connectivity index (χ0) is 7.40. The van der Waals surface area contributed by atoms with Gasteiger partial charge in [-0.05, 0) is 12.3 Å². The van der Waals surface area contributed by atoms with E-state index in [2.05, 4.69) is 5.32 Å². The normalized spacial score (nSPS) is 18.0. The van der Waals surface area contributed by atoms with Crippen LogP contribution in [-0.2, 0) is 0 Å². The first kappa shape index (κ1) is 7.38. The molecule has 1 aliphatic carbocycles. The van der Waals surface area contributed by atoms with Gasteiger partial charge in [0.2, 0.25) is 0 Å². The van der Waals surface area contributed by atoms with Crippen LogP contribution in [0.25, 0.3) is 0 Å². The highest BCUT2D eigenvalue weighted by atomic mass is 16.4. The summed E-state index contributed by atoms with van der Waals surface area (Å²) in [4.78, 5) is 9.98. The first-order valence-electron chi connectivity index (χ1n) is 3.76. The van der Waals surface area contributed by atoms with Crippen LogP contribution in [0.5, 0.6) is 0 Å². The topological polar surface area (TPSA) is 49.3 Å². The van der Waals surface area contributed by atoms with Crippen molar-refractivity contribution in [1.82, 2.24) is 5.32 Å². The molecule has 2 N–H and O–H groups in total. The lowest BCUT2D eigenvalue weighted by atomic mass is 9.83. The molecular formula is C7H13NO2. The first-order chi connectivity index (χ1) is 4.79. The van der Waals surface area contributed by atoms with Crippen molar-refractivity contribution in [2.45, 2.75) is 25.7 Å². The van der Waals surface area contributed by atoms with E-state index in [0.29, 0.717) is 6.54 Å². The maximum absolute atomic E-state index is 9.98. The molecule has 1 rings (SSSR count). The van der Waals surface area contributed by atoms with Crippen LogP contribution in [0.15, 0.2) is 0 Å². The number of nitrogens with one attached hydrogen (secondary N) is 1. The lowest BCUT2D eigenvalue weighted by Crippen LogP contribution is -2.25. The molecule has 3 nitrogen and oxygen atoms in total. The summed E-state index contributed by atoms with van der Waals surface area (Å²) >= 11 is 0. The van der Waals surface area contributed by atoms with E-state index in [9.17, 15) is 4.79 Å². The monoisotopic (exact) mass is 143 g/mol. The van der Waals surface area contributed by atoms with Crippen molar-refractivity contribution in [3.8, 4) is 0 Å². The van der Waals surface area contributed by atoms with Crippen molar-refractivity contribution < 1.29 is 9.90 Å².